The van der Waals surface area contributed by atoms with Crippen molar-refractivity contribution in [1.29, 1.82) is 0 Å². The van der Waals surface area contributed by atoms with Crippen LogP contribution in [0.3, 0.4) is 0 Å². The van der Waals surface area contributed by atoms with Crippen molar-refractivity contribution in [2.75, 3.05) is 71.5 Å². The number of piperazine rings is 1. The van der Waals surface area contributed by atoms with Gasteiger partial charge in [0.15, 0.2) is 0 Å². The second-order valence-corrected chi connectivity index (χ2v) is 7.93. The Morgan fingerprint density at radius 3 is 2.42 bits per heavy atom. The van der Waals surface area contributed by atoms with E-state index < -0.39 is 0 Å². The van der Waals surface area contributed by atoms with Gasteiger partial charge in [0, 0.05) is 51.4 Å². The van der Waals surface area contributed by atoms with E-state index in [0.717, 1.165) is 49.9 Å². The average molecular weight is 426 g/mol. The van der Waals surface area contributed by atoms with Crippen molar-refractivity contribution < 1.29 is 19.0 Å². The molecule has 2 heterocycles. The molecular formula is C24H31N3O4. The normalized spacial score (nSPS) is 19.9. The topological polar surface area (TPSA) is 54.5 Å². The highest BCUT2D eigenvalue weighted by Gasteiger charge is 2.28. The van der Waals surface area contributed by atoms with Gasteiger partial charge in [-0.3, -0.25) is 9.69 Å². The number of anilines is 1. The molecule has 0 aliphatic carbocycles. The summed E-state index contributed by atoms with van der Waals surface area (Å²) in [5, 5.41) is 0. The van der Waals surface area contributed by atoms with Gasteiger partial charge in [-0.25, -0.2) is 0 Å². The van der Waals surface area contributed by atoms with E-state index in [9.17, 15) is 4.79 Å². The van der Waals surface area contributed by atoms with Crippen LogP contribution in [0.4, 0.5) is 5.69 Å². The smallest absolute Gasteiger partial charge is 0.254 e. The van der Waals surface area contributed by atoms with Crippen LogP contribution >= 0.6 is 0 Å². The van der Waals surface area contributed by atoms with Crippen molar-refractivity contribution >= 4 is 11.6 Å². The second-order valence-electron chi connectivity index (χ2n) is 7.93. The van der Waals surface area contributed by atoms with E-state index in [2.05, 4.69) is 21.9 Å². The number of morpholine rings is 1. The van der Waals surface area contributed by atoms with Gasteiger partial charge >= 0.3 is 0 Å². The number of hydrogen-bond acceptors (Lipinski definition) is 6. The molecule has 0 N–H and O–H groups in total. The summed E-state index contributed by atoms with van der Waals surface area (Å²) in [6.07, 6.45) is 0.0359. The van der Waals surface area contributed by atoms with Crippen molar-refractivity contribution in [3.05, 3.63) is 54.1 Å². The Bertz CT molecular complexity index is 865. The second kappa shape index (κ2) is 10.0. The molecule has 2 aliphatic heterocycles. The fraction of sp³-hybridized carbons (Fsp3) is 0.458. The molecule has 7 heteroatoms. The number of ether oxygens (including phenoxy) is 3. The first-order valence-electron chi connectivity index (χ1n) is 10.8. The standard InChI is InChI=1S/C24H31N3O4/c1-29-20-9-7-19(8-10-20)24(28)27-15-16-31-21(18-27)17-25-11-13-26(14-12-25)22-5-3-4-6-23(22)30-2/h3-10,21H,11-18H2,1-2H3/t21-/m1/s1. The summed E-state index contributed by atoms with van der Waals surface area (Å²) in [4.78, 5) is 19.6. The summed E-state index contributed by atoms with van der Waals surface area (Å²) in [6, 6.07) is 15.5. The zero-order valence-corrected chi connectivity index (χ0v) is 18.3. The maximum absolute atomic E-state index is 12.9. The predicted octanol–water partition coefficient (Wildman–Crippen LogP) is 2.37. The third kappa shape index (κ3) is 5.11. The fourth-order valence-electron chi connectivity index (χ4n) is 4.28. The molecule has 0 unspecified atom stereocenters. The number of nitrogens with zero attached hydrogens (tertiary/aromatic N) is 3. The van der Waals surface area contributed by atoms with Gasteiger partial charge in [-0.05, 0) is 36.4 Å². The van der Waals surface area contributed by atoms with Crippen LogP contribution in [0.5, 0.6) is 11.5 Å². The highest BCUT2D eigenvalue weighted by atomic mass is 16.5. The number of carbonyl (C=O) groups excluding carboxylic acids is 1. The van der Waals surface area contributed by atoms with Gasteiger partial charge in [-0.15, -0.1) is 0 Å². The summed E-state index contributed by atoms with van der Waals surface area (Å²) >= 11 is 0. The summed E-state index contributed by atoms with van der Waals surface area (Å²) in [5.41, 5.74) is 1.83. The lowest BCUT2D eigenvalue weighted by atomic mass is 10.1. The third-order valence-electron chi connectivity index (χ3n) is 6.02. The Morgan fingerprint density at radius 1 is 0.968 bits per heavy atom. The van der Waals surface area contributed by atoms with Crippen molar-refractivity contribution in [2.45, 2.75) is 6.10 Å². The minimum atomic E-state index is 0.0359. The molecule has 0 radical (unpaired) electrons. The lowest BCUT2D eigenvalue weighted by Gasteiger charge is -2.40. The zero-order valence-electron chi connectivity index (χ0n) is 18.3. The number of hydrogen-bond donors (Lipinski definition) is 0. The predicted molar refractivity (Wildman–Crippen MR) is 120 cm³/mol. The molecule has 0 spiro atoms. The number of benzene rings is 2. The van der Waals surface area contributed by atoms with E-state index in [4.69, 9.17) is 14.2 Å². The summed E-state index contributed by atoms with van der Waals surface area (Å²) in [6.45, 7) is 6.48. The monoisotopic (exact) mass is 425 g/mol. The highest BCUT2D eigenvalue weighted by molar-refractivity contribution is 5.94. The lowest BCUT2D eigenvalue weighted by Crippen LogP contribution is -2.53. The Kier molecular flexibility index (Phi) is 6.94. The molecule has 2 aromatic rings. The molecule has 2 aromatic carbocycles. The van der Waals surface area contributed by atoms with Crippen LogP contribution in [0, 0.1) is 0 Å². The van der Waals surface area contributed by atoms with Gasteiger partial charge in [0.2, 0.25) is 0 Å². The number of carbonyl (C=O) groups is 1. The summed E-state index contributed by atoms with van der Waals surface area (Å²) in [5.74, 6) is 1.72. The molecule has 166 valence electrons. The van der Waals surface area contributed by atoms with E-state index >= 15 is 0 Å². The largest absolute Gasteiger partial charge is 0.497 e. The van der Waals surface area contributed by atoms with Gasteiger partial charge in [0.1, 0.15) is 11.5 Å². The zero-order chi connectivity index (χ0) is 21.6. The number of para-hydroxylation sites is 2. The third-order valence-corrected chi connectivity index (χ3v) is 6.02. The van der Waals surface area contributed by atoms with Crippen molar-refractivity contribution in [1.82, 2.24) is 9.80 Å². The van der Waals surface area contributed by atoms with E-state index in [-0.39, 0.29) is 12.0 Å². The molecule has 2 aliphatic rings. The molecule has 4 rings (SSSR count). The van der Waals surface area contributed by atoms with Crippen LogP contribution < -0.4 is 14.4 Å². The molecule has 1 atom stereocenters. The first-order chi connectivity index (χ1) is 15.2. The Labute approximate surface area is 184 Å². The van der Waals surface area contributed by atoms with Crippen molar-refractivity contribution in [2.24, 2.45) is 0 Å². The molecule has 1 amide bonds. The first-order valence-corrected chi connectivity index (χ1v) is 10.8. The molecule has 31 heavy (non-hydrogen) atoms. The Hall–Kier alpha value is -2.77. The van der Waals surface area contributed by atoms with E-state index in [1.165, 1.54) is 0 Å². The van der Waals surface area contributed by atoms with Crippen LogP contribution in [-0.2, 0) is 4.74 Å². The minimum Gasteiger partial charge on any atom is -0.497 e. The minimum absolute atomic E-state index is 0.0359. The number of amides is 1. The molecule has 7 nitrogen and oxygen atoms in total. The van der Waals surface area contributed by atoms with Crippen LogP contribution in [0.2, 0.25) is 0 Å². The van der Waals surface area contributed by atoms with Gasteiger partial charge in [0.25, 0.3) is 5.91 Å². The van der Waals surface area contributed by atoms with Gasteiger partial charge in [-0.2, -0.15) is 0 Å². The average Bonchev–Trinajstić information content (AvgIpc) is 2.84. The molecule has 2 saturated heterocycles. The van der Waals surface area contributed by atoms with Crippen molar-refractivity contribution in [3.63, 3.8) is 0 Å². The van der Waals surface area contributed by atoms with Crippen LogP contribution in [0.1, 0.15) is 10.4 Å². The van der Waals surface area contributed by atoms with E-state index in [0.29, 0.717) is 25.3 Å². The fourth-order valence-corrected chi connectivity index (χ4v) is 4.28. The Balaban J connectivity index is 1.29. The van der Waals surface area contributed by atoms with E-state index in [1.54, 1.807) is 14.2 Å². The molecule has 0 aromatic heterocycles. The van der Waals surface area contributed by atoms with Gasteiger partial charge in [0.05, 0.1) is 32.6 Å². The van der Waals surface area contributed by atoms with Crippen LogP contribution in [-0.4, -0.2) is 88.5 Å². The lowest BCUT2D eigenvalue weighted by molar-refractivity contribution is -0.0363. The Morgan fingerprint density at radius 2 is 1.71 bits per heavy atom. The first kappa shape index (κ1) is 21.5. The maximum Gasteiger partial charge on any atom is 0.254 e. The molecule has 2 fully saturated rings. The number of methoxy groups -OCH3 is 2. The highest BCUT2D eigenvalue weighted by Crippen LogP contribution is 2.28. The maximum atomic E-state index is 12.9. The van der Waals surface area contributed by atoms with Gasteiger partial charge in [-0.1, -0.05) is 12.1 Å². The molecule has 0 bridgehead atoms. The molecule has 0 saturated carbocycles. The summed E-state index contributed by atoms with van der Waals surface area (Å²) in [7, 11) is 3.34. The van der Waals surface area contributed by atoms with Crippen LogP contribution in [0.15, 0.2) is 48.5 Å². The SMILES string of the molecule is COc1ccc(C(=O)N2CCO[C@H](CN3CCN(c4ccccc4OC)CC3)C2)cc1. The summed E-state index contributed by atoms with van der Waals surface area (Å²) < 4.78 is 16.7. The van der Waals surface area contributed by atoms with Gasteiger partial charge < -0.3 is 24.0 Å². The van der Waals surface area contributed by atoms with Crippen molar-refractivity contribution in [3.8, 4) is 11.5 Å². The van der Waals surface area contributed by atoms with E-state index in [1.807, 2.05) is 41.3 Å². The van der Waals surface area contributed by atoms with Crippen LogP contribution in [0.25, 0.3) is 0 Å². The quantitative estimate of drug-likeness (QED) is 0.708. The molecular weight excluding hydrogens is 394 g/mol. The number of rotatable bonds is 6.